The first-order chi connectivity index (χ1) is 14.1. The quantitative estimate of drug-likeness (QED) is 0.492. The minimum Gasteiger partial charge on any atom is -0.347 e. The fourth-order valence-corrected chi connectivity index (χ4v) is 4.58. The number of carbonyl (C=O) groups excluding carboxylic acids is 1. The van der Waals surface area contributed by atoms with E-state index in [2.05, 4.69) is 55.0 Å². The van der Waals surface area contributed by atoms with E-state index >= 15 is 0 Å². The van der Waals surface area contributed by atoms with Crippen molar-refractivity contribution < 1.29 is 4.79 Å². The van der Waals surface area contributed by atoms with Crippen molar-refractivity contribution in [3.05, 3.63) is 53.9 Å². The summed E-state index contributed by atoms with van der Waals surface area (Å²) < 4.78 is 1.26. The second kappa shape index (κ2) is 10.5. The van der Waals surface area contributed by atoms with Gasteiger partial charge in [-0.1, -0.05) is 50.2 Å². The van der Waals surface area contributed by atoms with E-state index in [1.807, 2.05) is 12.3 Å². The van der Waals surface area contributed by atoms with Crippen molar-refractivity contribution >= 4 is 33.0 Å². The molecular weight excluding hydrogens is 378 g/mol. The molecule has 1 aliphatic rings. The van der Waals surface area contributed by atoms with Crippen LogP contribution < -0.4 is 4.90 Å². The molecule has 5 heteroatoms. The minimum atomic E-state index is 0.390. The van der Waals surface area contributed by atoms with Gasteiger partial charge >= 0.3 is 0 Å². The molecule has 0 spiro atoms. The first-order valence-electron chi connectivity index (χ1n) is 10.5. The Morgan fingerprint density at radius 3 is 2.62 bits per heavy atom. The number of carbonyl (C=O) groups is 1. The van der Waals surface area contributed by atoms with E-state index in [4.69, 9.17) is 4.98 Å². The topological polar surface area (TPSA) is 46.1 Å². The van der Waals surface area contributed by atoms with Gasteiger partial charge in [-0.25, -0.2) is 4.98 Å². The van der Waals surface area contributed by atoms with Gasteiger partial charge in [-0.05, 0) is 54.5 Å². The number of aryl methyl sites for hydroxylation is 1. The molecule has 4 rings (SSSR count). The minimum absolute atomic E-state index is 0.390. The molecule has 3 aromatic rings. The summed E-state index contributed by atoms with van der Waals surface area (Å²) in [6, 6.07) is 10.6. The summed E-state index contributed by atoms with van der Waals surface area (Å²) in [5, 5.41) is 1.05. The smallest absolute Gasteiger partial charge is 0.186 e. The number of benzene rings is 1. The van der Waals surface area contributed by atoms with Crippen LogP contribution in [0, 0.1) is 11.8 Å². The Labute approximate surface area is 178 Å². The van der Waals surface area contributed by atoms with Crippen LogP contribution in [0.25, 0.3) is 10.2 Å². The predicted octanol–water partition coefficient (Wildman–Crippen LogP) is 5.90. The lowest BCUT2D eigenvalue weighted by Crippen LogP contribution is -2.15. The molecule has 154 valence electrons. The van der Waals surface area contributed by atoms with E-state index in [1.54, 1.807) is 17.5 Å². The van der Waals surface area contributed by atoms with E-state index in [-0.39, 0.29) is 0 Å². The molecule has 2 heterocycles. The van der Waals surface area contributed by atoms with Gasteiger partial charge in [0, 0.05) is 31.9 Å². The third kappa shape index (κ3) is 6.10. The summed E-state index contributed by atoms with van der Waals surface area (Å²) in [6.45, 7) is 5.27. The van der Waals surface area contributed by atoms with Crippen LogP contribution in [0.3, 0.4) is 0 Å². The van der Waals surface area contributed by atoms with Crippen LogP contribution in [0.5, 0.6) is 0 Å². The Hall–Kier alpha value is -2.27. The molecule has 1 aromatic carbocycles. The number of pyridine rings is 1. The first kappa shape index (κ1) is 21.4. The van der Waals surface area contributed by atoms with Crippen LogP contribution in [0.15, 0.2) is 42.7 Å². The maximum atomic E-state index is 10.3. The highest BCUT2D eigenvalue weighted by molar-refractivity contribution is 7.22. The average molecular weight is 410 g/mol. The van der Waals surface area contributed by atoms with Gasteiger partial charge < -0.3 is 9.69 Å². The number of fused-ring (bicyclic) bond motifs is 1. The third-order valence-corrected chi connectivity index (χ3v) is 6.70. The summed E-state index contributed by atoms with van der Waals surface area (Å²) in [5.74, 6) is 1.25. The van der Waals surface area contributed by atoms with Crippen molar-refractivity contribution in [2.45, 2.75) is 52.5 Å². The maximum Gasteiger partial charge on any atom is 0.186 e. The summed E-state index contributed by atoms with van der Waals surface area (Å²) >= 11 is 1.75. The Morgan fingerprint density at radius 2 is 1.97 bits per heavy atom. The lowest BCUT2D eigenvalue weighted by atomic mass is 9.84. The highest BCUT2D eigenvalue weighted by Gasteiger charge is 2.16. The van der Waals surface area contributed by atoms with Crippen LogP contribution in [-0.2, 0) is 17.8 Å². The SMILES string of the molecule is CC1CCC(C=O)CC1.CCc1ccc2nc(N(C)Cc3cccnc3)sc2c1. The number of hydrogen-bond acceptors (Lipinski definition) is 5. The number of hydrogen-bond donors (Lipinski definition) is 0. The Kier molecular flexibility index (Phi) is 7.76. The average Bonchev–Trinajstić information content (AvgIpc) is 3.19. The lowest BCUT2D eigenvalue weighted by Gasteiger charge is -2.21. The molecule has 0 radical (unpaired) electrons. The zero-order valence-corrected chi connectivity index (χ0v) is 18.5. The molecule has 1 aliphatic carbocycles. The van der Waals surface area contributed by atoms with Crippen molar-refractivity contribution in [1.82, 2.24) is 9.97 Å². The van der Waals surface area contributed by atoms with Crippen molar-refractivity contribution in [2.24, 2.45) is 11.8 Å². The van der Waals surface area contributed by atoms with E-state index in [0.717, 1.165) is 48.7 Å². The van der Waals surface area contributed by atoms with E-state index in [9.17, 15) is 4.79 Å². The van der Waals surface area contributed by atoms with Gasteiger partial charge in [0.1, 0.15) is 6.29 Å². The van der Waals surface area contributed by atoms with Gasteiger partial charge in [0.25, 0.3) is 0 Å². The Balaban J connectivity index is 0.000000224. The fourth-order valence-electron chi connectivity index (χ4n) is 3.60. The molecule has 2 aromatic heterocycles. The largest absolute Gasteiger partial charge is 0.347 e. The molecule has 0 atom stereocenters. The van der Waals surface area contributed by atoms with Gasteiger partial charge in [0.05, 0.1) is 10.2 Å². The number of nitrogens with zero attached hydrogens (tertiary/aromatic N) is 3. The molecule has 0 N–H and O–H groups in total. The normalized spacial score (nSPS) is 18.7. The van der Waals surface area contributed by atoms with E-state index in [1.165, 1.54) is 28.7 Å². The molecule has 1 saturated carbocycles. The highest BCUT2D eigenvalue weighted by atomic mass is 32.1. The van der Waals surface area contributed by atoms with Crippen LogP contribution in [0.4, 0.5) is 5.13 Å². The van der Waals surface area contributed by atoms with Crippen molar-refractivity contribution in [3.63, 3.8) is 0 Å². The van der Waals surface area contributed by atoms with E-state index < -0.39 is 0 Å². The van der Waals surface area contributed by atoms with Crippen molar-refractivity contribution in [1.29, 1.82) is 0 Å². The highest BCUT2D eigenvalue weighted by Crippen LogP contribution is 2.30. The predicted molar refractivity (Wildman–Crippen MR) is 123 cm³/mol. The zero-order chi connectivity index (χ0) is 20.6. The van der Waals surface area contributed by atoms with Gasteiger partial charge in [-0.2, -0.15) is 0 Å². The molecule has 29 heavy (non-hydrogen) atoms. The standard InChI is InChI=1S/C16H17N3S.C8H14O/c1-3-12-6-7-14-15(9-12)20-16(18-14)19(2)11-13-5-4-8-17-10-13;1-7-2-4-8(6-9)5-3-7/h4-10H,3,11H2,1-2H3;6-8H,2-5H2,1H3. The number of thiazole rings is 1. The Bertz CT molecular complexity index is 901. The maximum absolute atomic E-state index is 10.3. The molecule has 1 fully saturated rings. The molecule has 0 unspecified atom stereocenters. The Morgan fingerprint density at radius 1 is 1.17 bits per heavy atom. The van der Waals surface area contributed by atoms with Crippen LogP contribution in [0.2, 0.25) is 0 Å². The third-order valence-electron chi connectivity index (χ3n) is 5.57. The monoisotopic (exact) mass is 409 g/mol. The summed E-state index contributed by atoms with van der Waals surface area (Å²) in [5.41, 5.74) is 3.64. The fraction of sp³-hybridized carbons (Fsp3) is 0.458. The number of rotatable bonds is 5. The first-order valence-corrected chi connectivity index (χ1v) is 11.4. The van der Waals surface area contributed by atoms with Crippen LogP contribution in [-0.4, -0.2) is 23.3 Å². The molecule has 0 saturated heterocycles. The van der Waals surface area contributed by atoms with E-state index in [0.29, 0.717) is 5.92 Å². The molecule has 0 bridgehead atoms. The number of aromatic nitrogens is 2. The molecule has 0 aliphatic heterocycles. The van der Waals surface area contributed by atoms with Gasteiger partial charge in [0.2, 0.25) is 0 Å². The molecular formula is C24H31N3OS. The van der Waals surface area contributed by atoms with Crippen molar-refractivity contribution in [2.75, 3.05) is 11.9 Å². The molecule has 4 nitrogen and oxygen atoms in total. The number of aldehydes is 1. The summed E-state index contributed by atoms with van der Waals surface area (Å²) in [4.78, 5) is 21.3. The van der Waals surface area contributed by atoms with Gasteiger partial charge in [-0.3, -0.25) is 4.98 Å². The second-order valence-corrected chi connectivity index (χ2v) is 9.03. The second-order valence-electron chi connectivity index (χ2n) is 8.03. The molecule has 0 amide bonds. The summed E-state index contributed by atoms with van der Waals surface area (Å²) in [7, 11) is 2.07. The van der Waals surface area contributed by atoms with Crippen LogP contribution >= 0.6 is 11.3 Å². The van der Waals surface area contributed by atoms with Gasteiger partial charge in [0.15, 0.2) is 5.13 Å². The van der Waals surface area contributed by atoms with Crippen molar-refractivity contribution in [3.8, 4) is 0 Å². The number of anilines is 1. The van der Waals surface area contributed by atoms with Gasteiger partial charge in [-0.15, -0.1) is 0 Å². The zero-order valence-electron chi connectivity index (χ0n) is 17.7. The lowest BCUT2D eigenvalue weighted by molar-refractivity contribution is -0.112. The summed E-state index contributed by atoms with van der Waals surface area (Å²) in [6.07, 6.45) is 10.6. The van der Waals surface area contributed by atoms with Crippen LogP contribution in [0.1, 0.15) is 50.7 Å².